The van der Waals surface area contributed by atoms with Crippen LogP contribution >= 0.6 is 0 Å². The Hall–Kier alpha value is -8.05. The summed E-state index contributed by atoms with van der Waals surface area (Å²) in [7, 11) is 0. The zero-order chi connectivity index (χ0) is 50.6. The zero-order valence-corrected chi connectivity index (χ0v) is 40.9. The van der Waals surface area contributed by atoms with Gasteiger partial charge in [-0.15, -0.1) is 0 Å². The van der Waals surface area contributed by atoms with Crippen LogP contribution in [0.1, 0.15) is 82.5 Å². The van der Waals surface area contributed by atoms with E-state index in [1.54, 1.807) is 48.8 Å². The average molecular weight is 981 g/mol. The predicted octanol–water partition coefficient (Wildman–Crippen LogP) is 7.78. The van der Waals surface area contributed by atoms with Crippen LogP contribution in [0, 0.1) is 0 Å². The SMILES string of the molecule is C[C@@H](CC(=O)N1CCC(O)(Cn2cnc3cc(CCCNCc4cnn(Cc5cnc(COc6ccc(Oc7ccccc7NC(=O)c7ccc(CN)cc7)cc6)cn5)c4)ccc3c2=O)CC1)c1ccccc1. The molecule has 0 radical (unpaired) electrons. The number of likely N-dealkylation sites (tertiary alicyclic amines) is 1. The molecule has 2 amide bonds. The second kappa shape index (κ2) is 23.5. The zero-order valence-electron chi connectivity index (χ0n) is 40.9. The highest BCUT2D eigenvalue weighted by atomic mass is 16.5. The van der Waals surface area contributed by atoms with Gasteiger partial charge in [0.15, 0.2) is 5.75 Å². The molecule has 4 heterocycles. The lowest BCUT2D eigenvalue weighted by atomic mass is 9.90. The molecule has 8 aromatic rings. The third-order valence-corrected chi connectivity index (χ3v) is 13.2. The fourth-order valence-corrected chi connectivity index (χ4v) is 8.88. The molecule has 374 valence electrons. The number of fused-ring (bicyclic) bond motifs is 1. The van der Waals surface area contributed by atoms with Gasteiger partial charge in [-0.05, 0) is 115 Å². The summed E-state index contributed by atoms with van der Waals surface area (Å²) in [6.45, 7) is 5.68. The quantitative estimate of drug-likeness (QED) is 0.0510. The van der Waals surface area contributed by atoms with E-state index in [9.17, 15) is 19.5 Å². The number of hydrogen-bond acceptors (Lipinski definition) is 12. The van der Waals surface area contributed by atoms with Crippen molar-refractivity contribution in [2.45, 2.75) is 83.3 Å². The van der Waals surface area contributed by atoms with Crippen LogP contribution in [0.5, 0.6) is 17.2 Å². The van der Waals surface area contributed by atoms with Crippen LogP contribution in [0.4, 0.5) is 5.69 Å². The normalized spacial score (nSPS) is 13.7. The maximum atomic E-state index is 13.5. The van der Waals surface area contributed by atoms with Gasteiger partial charge in [0.2, 0.25) is 5.91 Å². The first-order valence-corrected chi connectivity index (χ1v) is 24.7. The summed E-state index contributed by atoms with van der Waals surface area (Å²) in [4.78, 5) is 55.0. The van der Waals surface area contributed by atoms with Crippen molar-refractivity contribution in [1.82, 2.24) is 39.5 Å². The summed E-state index contributed by atoms with van der Waals surface area (Å²) < 4.78 is 15.4. The Morgan fingerprint density at radius 1 is 0.822 bits per heavy atom. The number of benzene rings is 5. The standard InChI is InChI=1S/C57H60N10O6/c1-40(44-9-3-2-4-10-44)28-54(68)65-26-23-57(71,24-27-65)38-66-39-62-52-29-41(15-22-50(52)56(66)70)8-7-25-59-31-43-32-63-67(35-43)36-46-33-61-47(34-60-46)37-72-48-18-20-49(21-19-48)73-53-12-6-5-11-51(53)64-55(69)45-16-13-42(30-58)14-17-45/h2-6,9-22,29,32-35,39-40,59,71H,7-8,23-28,30-31,36-38,58H2,1H3,(H,64,69)/t40-/m0/s1. The Kier molecular flexibility index (Phi) is 16.0. The smallest absolute Gasteiger partial charge is 0.261 e. The van der Waals surface area contributed by atoms with Crippen LogP contribution in [-0.4, -0.2) is 76.4 Å². The minimum atomic E-state index is -1.10. The number of nitrogens with zero attached hydrogens (tertiary/aromatic N) is 7. The first-order valence-electron chi connectivity index (χ1n) is 24.7. The summed E-state index contributed by atoms with van der Waals surface area (Å²) in [5.41, 5.74) is 11.8. The number of ether oxygens (including phenoxy) is 2. The highest BCUT2D eigenvalue weighted by molar-refractivity contribution is 6.05. The van der Waals surface area contributed by atoms with E-state index < -0.39 is 5.60 Å². The van der Waals surface area contributed by atoms with Crippen molar-refractivity contribution in [3.8, 4) is 17.2 Å². The molecule has 5 aromatic carbocycles. The van der Waals surface area contributed by atoms with Crippen LogP contribution < -0.4 is 31.4 Å². The summed E-state index contributed by atoms with van der Waals surface area (Å²) in [6, 6.07) is 37.5. The number of carbonyl (C=O) groups excluding carboxylic acids is 2. The molecule has 0 spiro atoms. The Labute approximate surface area is 423 Å². The maximum absolute atomic E-state index is 13.5. The van der Waals surface area contributed by atoms with Crippen molar-refractivity contribution >= 4 is 28.4 Å². The molecular weight excluding hydrogens is 921 g/mol. The fraction of sp³-hybridized carbons (Fsp3) is 0.281. The van der Waals surface area contributed by atoms with Crippen molar-refractivity contribution in [2.24, 2.45) is 5.73 Å². The Morgan fingerprint density at radius 3 is 2.32 bits per heavy atom. The van der Waals surface area contributed by atoms with Crippen molar-refractivity contribution in [3.63, 3.8) is 0 Å². The second-order valence-corrected chi connectivity index (χ2v) is 18.7. The lowest BCUT2D eigenvalue weighted by molar-refractivity contribution is -0.136. The minimum Gasteiger partial charge on any atom is -0.487 e. The maximum Gasteiger partial charge on any atom is 0.261 e. The molecule has 73 heavy (non-hydrogen) atoms. The topological polar surface area (TPSA) is 205 Å². The van der Waals surface area contributed by atoms with Crippen LogP contribution in [0.3, 0.4) is 0 Å². The third kappa shape index (κ3) is 13.3. The van der Waals surface area contributed by atoms with Gasteiger partial charge in [0, 0.05) is 49.9 Å². The summed E-state index contributed by atoms with van der Waals surface area (Å²) in [5.74, 6) is 1.68. The number of amides is 2. The lowest BCUT2D eigenvalue weighted by Crippen LogP contribution is -2.49. The number of hydrogen-bond donors (Lipinski definition) is 4. The van der Waals surface area contributed by atoms with Gasteiger partial charge in [0.25, 0.3) is 11.5 Å². The van der Waals surface area contributed by atoms with E-state index in [-0.39, 0.29) is 36.4 Å². The largest absolute Gasteiger partial charge is 0.487 e. The monoisotopic (exact) mass is 980 g/mol. The van der Waals surface area contributed by atoms with Gasteiger partial charge in [-0.3, -0.25) is 33.6 Å². The lowest BCUT2D eigenvalue weighted by Gasteiger charge is -2.38. The molecule has 5 N–H and O–H groups in total. The van der Waals surface area contributed by atoms with E-state index >= 15 is 0 Å². The van der Waals surface area contributed by atoms with Crippen LogP contribution in [-0.2, 0) is 44.0 Å². The van der Waals surface area contributed by atoms with Gasteiger partial charge < -0.3 is 35.8 Å². The van der Waals surface area contributed by atoms with Gasteiger partial charge >= 0.3 is 0 Å². The molecule has 0 saturated carbocycles. The highest BCUT2D eigenvalue weighted by Gasteiger charge is 2.35. The number of anilines is 1. The number of rotatable bonds is 21. The number of aryl methyl sites for hydroxylation is 1. The molecule has 16 heteroatoms. The Bertz CT molecular complexity index is 3170. The summed E-state index contributed by atoms with van der Waals surface area (Å²) >= 11 is 0. The molecule has 3 aromatic heterocycles. The first kappa shape index (κ1) is 49.9. The van der Waals surface area contributed by atoms with Gasteiger partial charge in [0.05, 0.1) is 71.6 Å². The predicted molar refractivity (Wildman–Crippen MR) is 279 cm³/mol. The number of nitrogens with two attached hydrogens (primary N) is 1. The molecule has 1 aliphatic rings. The molecule has 0 unspecified atom stereocenters. The Morgan fingerprint density at radius 2 is 1.55 bits per heavy atom. The molecule has 9 rings (SSSR count). The molecule has 16 nitrogen and oxygen atoms in total. The summed E-state index contributed by atoms with van der Waals surface area (Å²) in [5, 5.41) is 22.9. The first-order chi connectivity index (χ1) is 35.6. The van der Waals surface area contributed by atoms with Crippen LogP contribution in [0.15, 0.2) is 157 Å². The number of aromatic nitrogens is 6. The second-order valence-electron chi connectivity index (χ2n) is 18.7. The van der Waals surface area contributed by atoms with E-state index in [0.717, 1.165) is 47.3 Å². The molecule has 1 aliphatic heterocycles. The van der Waals surface area contributed by atoms with Crippen molar-refractivity contribution in [3.05, 3.63) is 202 Å². The van der Waals surface area contributed by atoms with Gasteiger partial charge in [-0.1, -0.05) is 67.6 Å². The molecule has 0 aliphatic carbocycles. The van der Waals surface area contributed by atoms with Crippen molar-refractivity contribution < 1.29 is 24.2 Å². The average Bonchev–Trinajstić information content (AvgIpc) is 3.87. The van der Waals surface area contributed by atoms with E-state index in [2.05, 4.69) is 37.6 Å². The number of piperidine rings is 1. The van der Waals surface area contributed by atoms with Crippen molar-refractivity contribution in [2.75, 3.05) is 25.0 Å². The number of para-hydroxylation sites is 2. The molecule has 1 atom stereocenters. The van der Waals surface area contributed by atoms with E-state index in [0.29, 0.717) is 97.1 Å². The third-order valence-electron chi connectivity index (χ3n) is 13.2. The van der Waals surface area contributed by atoms with Gasteiger partial charge in [0.1, 0.15) is 18.1 Å². The number of aliphatic hydroxyl groups is 1. The summed E-state index contributed by atoms with van der Waals surface area (Å²) in [6.07, 6.45) is 11.7. The van der Waals surface area contributed by atoms with E-state index in [1.165, 1.54) is 10.9 Å². The highest BCUT2D eigenvalue weighted by Crippen LogP contribution is 2.31. The van der Waals surface area contributed by atoms with Gasteiger partial charge in [-0.2, -0.15) is 5.10 Å². The minimum absolute atomic E-state index is 0.0864. The van der Waals surface area contributed by atoms with Gasteiger partial charge in [-0.25, -0.2) is 4.98 Å². The molecule has 0 bridgehead atoms. The molecule has 1 saturated heterocycles. The van der Waals surface area contributed by atoms with Crippen molar-refractivity contribution in [1.29, 1.82) is 0 Å². The molecular formula is C57H60N10O6. The molecule has 1 fully saturated rings. The number of nitrogens with one attached hydrogen (secondary N) is 2. The Balaban J connectivity index is 0.670. The number of carbonyl (C=O) groups is 2. The van der Waals surface area contributed by atoms with E-state index in [4.69, 9.17) is 15.2 Å². The fourth-order valence-electron chi connectivity index (χ4n) is 8.88. The van der Waals surface area contributed by atoms with E-state index in [1.807, 2.05) is 107 Å². The van der Waals surface area contributed by atoms with Crippen LogP contribution in [0.25, 0.3) is 10.9 Å². The van der Waals surface area contributed by atoms with Crippen LogP contribution in [0.2, 0.25) is 0 Å².